The maximum Gasteiger partial charge on any atom is 0.211 e. The van der Waals surface area contributed by atoms with Crippen molar-refractivity contribution >= 4 is 10.0 Å². The van der Waals surface area contributed by atoms with Crippen molar-refractivity contribution in [1.82, 2.24) is 4.72 Å². The minimum absolute atomic E-state index is 0.154. The zero-order valence-corrected chi connectivity index (χ0v) is 11.0. The van der Waals surface area contributed by atoms with Gasteiger partial charge in [-0.15, -0.1) is 0 Å². The van der Waals surface area contributed by atoms with Crippen LogP contribution in [-0.4, -0.2) is 31.4 Å². The van der Waals surface area contributed by atoms with Crippen molar-refractivity contribution in [3.8, 4) is 0 Å². The fraction of sp³-hybridized carbons (Fsp3) is 1.00. The number of hydrogen-bond donors (Lipinski definition) is 2. The zero-order valence-electron chi connectivity index (χ0n) is 10.2. The number of nitrogens with one attached hydrogen (secondary N) is 1. The van der Waals surface area contributed by atoms with Gasteiger partial charge in [0, 0.05) is 6.54 Å². The summed E-state index contributed by atoms with van der Waals surface area (Å²) in [6.45, 7) is 4.17. The maximum absolute atomic E-state index is 11.6. The lowest BCUT2D eigenvalue weighted by Gasteiger charge is -2.22. The van der Waals surface area contributed by atoms with Crippen LogP contribution in [0.25, 0.3) is 0 Å². The van der Waals surface area contributed by atoms with Crippen molar-refractivity contribution in [3.05, 3.63) is 0 Å². The Bertz CT molecular complexity index is 305. The van der Waals surface area contributed by atoms with Crippen LogP contribution in [0.5, 0.6) is 0 Å². The highest BCUT2D eigenvalue weighted by atomic mass is 32.2. The summed E-state index contributed by atoms with van der Waals surface area (Å²) in [6.07, 6.45) is 4.06. The van der Waals surface area contributed by atoms with Gasteiger partial charge in [-0.05, 0) is 25.2 Å². The fourth-order valence-electron chi connectivity index (χ4n) is 1.92. The first-order valence-corrected chi connectivity index (χ1v) is 7.68. The van der Waals surface area contributed by atoms with Gasteiger partial charge in [0.25, 0.3) is 0 Å². The fourth-order valence-corrected chi connectivity index (χ4v) is 3.33. The average molecular weight is 249 g/mol. The molecule has 0 saturated heterocycles. The predicted octanol–water partition coefficient (Wildman–Crippen LogP) is 1.26. The van der Waals surface area contributed by atoms with Crippen LogP contribution < -0.4 is 4.72 Å². The van der Waals surface area contributed by atoms with E-state index in [0.29, 0.717) is 25.2 Å². The van der Waals surface area contributed by atoms with Gasteiger partial charge in [0.05, 0.1) is 11.4 Å². The molecule has 0 aliphatic heterocycles. The molecule has 1 saturated carbocycles. The molecule has 1 rings (SSSR count). The summed E-state index contributed by atoms with van der Waals surface area (Å²) in [4.78, 5) is 0. The second kappa shape index (κ2) is 5.47. The summed E-state index contributed by atoms with van der Waals surface area (Å²) in [5, 5.41) is 10.0. The molecular weight excluding hydrogens is 226 g/mol. The quantitative estimate of drug-likeness (QED) is 0.744. The molecule has 1 aliphatic carbocycles. The molecule has 0 spiro atoms. The van der Waals surface area contributed by atoms with Crippen LogP contribution in [0.3, 0.4) is 0 Å². The Morgan fingerprint density at radius 2 is 1.88 bits per heavy atom. The summed E-state index contributed by atoms with van der Waals surface area (Å²) in [6, 6.07) is 0. The number of hydrogen-bond acceptors (Lipinski definition) is 3. The third-order valence-electron chi connectivity index (χ3n) is 3.12. The minimum Gasteiger partial charge on any atom is -0.389 e. The van der Waals surface area contributed by atoms with Gasteiger partial charge in [-0.3, -0.25) is 0 Å². The molecule has 0 aromatic heterocycles. The molecule has 0 heterocycles. The van der Waals surface area contributed by atoms with Crippen molar-refractivity contribution < 1.29 is 13.5 Å². The van der Waals surface area contributed by atoms with Gasteiger partial charge >= 0.3 is 0 Å². The first kappa shape index (κ1) is 13.9. The molecule has 0 aromatic rings. The standard InChI is InChI=1S/C11H23NO3S/c1-10(2)5-8-16(14,15)12-9-11(13)6-3-4-7-11/h10,12-13H,3-9H2,1-2H3. The van der Waals surface area contributed by atoms with E-state index >= 15 is 0 Å². The van der Waals surface area contributed by atoms with E-state index in [4.69, 9.17) is 0 Å². The van der Waals surface area contributed by atoms with E-state index in [0.717, 1.165) is 12.8 Å². The largest absolute Gasteiger partial charge is 0.389 e. The zero-order chi connectivity index (χ0) is 12.2. The molecule has 0 amide bonds. The molecule has 4 nitrogen and oxygen atoms in total. The van der Waals surface area contributed by atoms with Gasteiger partial charge in [-0.1, -0.05) is 26.7 Å². The lowest BCUT2D eigenvalue weighted by atomic mass is 10.0. The van der Waals surface area contributed by atoms with E-state index in [9.17, 15) is 13.5 Å². The second-order valence-corrected chi connectivity index (χ2v) is 7.18. The third-order valence-corrected chi connectivity index (χ3v) is 4.48. The Labute approximate surface area is 98.5 Å². The SMILES string of the molecule is CC(C)CCS(=O)(=O)NCC1(O)CCCC1. The van der Waals surface area contributed by atoms with E-state index in [1.807, 2.05) is 13.8 Å². The van der Waals surface area contributed by atoms with E-state index in [-0.39, 0.29) is 12.3 Å². The molecule has 0 atom stereocenters. The van der Waals surface area contributed by atoms with Crippen LogP contribution in [0.1, 0.15) is 46.0 Å². The highest BCUT2D eigenvalue weighted by molar-refractivity contribution is 7.89. The average Bonchev–Trinajstić information content (AvgIpc) is 2.61. The van der Waals surface area contributed by atoms with E-state index in [1.54, 1.807) is 0 Å². The maximum atomic E-state index is 11.6. The van der Waals surface area contributed by atoms with Crippen LogP contribution in [0.2, 0.25) is 0 Å². The summed E-state index contributed by atoms with van der Waals surface area (Å²) in [5.74, 6) is 0.534. The molecular formula is C11H23NO3S. The Morgan fingerprint density at radius 1 is 1.31 bits per heavy atom. The van der Waals surface area contributed by atoms with Gasteiger partial charge in [-0.25, -0.2) is 13.1 Å². The highest BCUT2D eigenvalue weighted by Crippen LogP contribution is 2.28. The lowest BCUT2D eigenvalue weighted by molar-refractivity contribution is 0.0531. The molecule has 16 heavy (non-hydrogen) atoms. The Hall–Kier alpha value is -0.130. The third kappa shape index (κ3) is 4.80. The van der Waals surface area contributed by atoms with Gasteiger partial charge in [0.1, 0.15) is 0 Å². The van der Waals surface area contributed by atoms with Gasteiger partial charge in [-0.2, -0.15) is 0 Å². The molecule has 0 aromatic carbocycles. The molecule has 0 radical (unpaired) electrons. The van der Waals surface area contributed by atoms with Crippen LogP contribution in [0.4, 0.5) is 0 Å². The number of sulfonamides is 1. The lowest BCUT2D eigenvalue weighted by Crippen LogP contribution is -2.41. The minimum atomic E-state index is -3.21. The molecule has 1 aliphatic rings. The summed E-state index contributed by atoms with van der Waals surface area (Å²) >= 11 is 0. The van der Waals surface area contributed by atoms with Crippen molar-refractivity contribution in [3.63, 3.8) is 0 Å². The highest BCUT2D eigenvalue weighted by Gasteiger charge is 2.32. The first-order valence-electron chi connectivity index (χ1n) is 6.03. The van der Waals surface area contributed by atoms with Crippen LogP contribution in [-0.2, 0) is 10.0 Å². The monoisotopic (exact) mass is 249 g/mol. The van der Waals surface area contributed by atoms with Crippen molar-refractivity contribution in [2.24, 2.45) is 5.92 Å². The topological polar surface area (TPSA) is 66.4 Å². The second-order valence-electron chi connectivity index (χ2n) is 5.25. The molecule has 0 unspecified atom stereocenters. The van der Waals surface area contributed by atoms with Crippen LogP contribution in [0.15, 0.2) is 0 Å². The molecule has 96 valence electrons. The van der Waals surface area contributed by atoms with Gasteiger partial charge < -0.3 is 5.11 Å². The summed E-state index contributed by atoms with van der Waals surface area (Å²) in [7, 11) is -3.21. The van der Waals surface area contributed by atoms with Gasteiger partial charge in [0.2, 0.25) is 10.0 Å². The van der Waals surface area contributed by atoms with Gasteiger partial charge in [0.15, 0.2) is 0 Å². The number of aliphatic hydroxyl groups is 1. The van der Waals surface area contributed by atoms with Crippen LogP contribution >= 0.6 is 0 Å². The van der Waals surface area contributed by atoms with Crippen molar-refractivity contribution in [2.45, 2.75) is 51.6 Å². The Kier molecular flexibility index (Phi) is 4.76. The van der Waals surface area contributed by atoms with Crippen LogP contribution in [0, 0.1) is 5.92 Å². The van der Waals surface area contributed by atoms with Crippen molar-refractivity contribution in [2.75, 3.05) is 12.3 Å². The van der Waals surface area contributed by atoms with Crippen molar-refractivity contribution in [1.29, 1.82) is 0 Å². The van der Waals surface area contributed by atoms with E-state index in [2.05, 4.69) is 4.72 Å². The Morgan fingerprint density at radius 3 is 2.38 bits per heavy atom. The first-order chi connectivity index (χ1) is 7.33. The summed E-state index contributed by atoms with van der Waals surface area (Å²) in [5.41, 5.74) is -0.801. The van der Waals surface area contributed by atoms with E-state index in [1.165, 1.54) is 0 Å². The number of rotatable bonds is 6. The smallest absolute Gasteiger partial charge is 0.211 e. The summed E-state index contributed by atoms with van der Waals surface area (Å²) < 4.78 is 25.7. The Balaban J connectivity index is 2.35. The molecule has 2 N–H and O–H groups in total. The normalized spacial score (nSPS) is 20.5. The predicted molar refractivity (Wildman–Crippen MR) is 64.7 cm³/mol. The molecule has 0 bridgehead atoms. The molecule has 5 heteroatoms. The van der Waals surface area contributed by atoms with E-state index < -0.39 is 15.6 Å². The molecule has 1 fully saturated rings.